The van der Waals surface area contributed by atoms with Crippen LogP contribution in [0.25, 0.3) is 0 Å². The maximum atomic E-state index is 12.3. The molecule has 1 heterocycles. The van der Waals surface area contributed by atoms with Crippen molar-refractivity contribution in [2.45, 2.75) is 32.2 Å². The van der Waals surface area contributed by atoms with Gasteiger partial charge < -0.3 is 15.3 Å². The van der Waals surface area contributed by atoms with Crippen LogP contribution in [-0.2, 0) is 9.59 Å². The Hall–Kier alpha value is -2.37. The fourth-order valence-electron chi connectivity index (χ4n) is 2.57. The van der Waals surface area contributed by atoms with Crippen LogP contribution in [0.3, 0.4) is 0 Å². The van der Waals surface area contributed by atoms with Gasteiger partial charge in [-0.1, -0.05) is 18.2 Å². The highest BCUT2D eigenvalue weighted by Crippen LogP contribution is 2.20. The van der Waals surface area contributed by atoms with E-state index in [-0.39, 0.29) is 17.7 Å². The van der Waals surface area contributed by atoms with Crippen molar-refractivity contribution in [2.75, 3.05) is 13.1 Å². The lowest BCUT2D eigenvalue weighted by Gasteiger charge is -2.33. The van der Waals surface area contributed by atoms with Gasteiger partial charge in [-0.25, -0.2) is 4.79 Å². The van der Waals surface area contributed by atoms with Gasteiger partial charge in [0, 0.05) is 24.6 Å². The van der Waals surface area contributed by atoms with Gasteiger partial charge in [-0.2, -0.15) is 0 Å². The number of likely N-dealkylation sites (tertiary alicyclic amines) is 1. The summed E-state index contributed by atoms with van der Waals surface area (Å²) in [5, 5.41) is 11.6. The molecule has 6 nitrogen and oxygen atoms in total. The number of rotatable bonds is 4. The first-order valence-electron chi connectivity index (χ1n) is 7.71. The number of carboxylic acids is 1. The zero-order valence-electron chi connectivity index (χ0n) is 13.4. The van der Waals surface area contributed by atoms with Crippen LogP contribution in [0, 0.1) is 5.92 Å². The summed E-state index contributed by atoms with van der Waals surface area (Å²) in [7, 11) is 0. The molecule has 0 spiro atoms. The Kier molecular flexibility index (Phi) is 5.03. The third kappa shape index (κ3) is 4.09. The summed E-state index contributed by atoms with van der Waals surface area (Å²) < 4.78 is 0. The largest absolute Gasteiger partial charge is 0.480 e. The topological polar surface area (TPSA) is 86.7 Å². The Morgan fingerprint density at radius 1 is 1.13 bits per heavy atom. The van der Waals surface area contributed by atoms with Gasteiger partial charge in [-0.15, -0.1) is 0 Å². The Labute approximate surface area is 135 Å². The normalized spacial score (nSPS) is 16.0. The third-order valence-electron chi connectivity index (χ3n) is 4.14. The van der Waals surface area contributed by atoms with E-state index in [1.54, 1.807) is 17.0 Å². The second kappa shape index (κ2) is 6.81. The third-order valence-corrected chi connectivity index (χ3v) is 4.14. The minimum absolute atomic E-state index is 0.0321. The first kappa shape index (κ1) is 17.0. The smallest absolute Gasteiger partial charge is 0.328 e. The van der Waals surface area contributed by atoms with E-state index in [1.807, 2.05) is 18.2 Å². The number of piperidine rings is 1. The SMILES string of the molecule is CC(C)(NC(=O)C1CCN(C(=O)c2ccccc2)CC1)C(=O)O. The molecule has 23 heavy (non-hydrogen) atoms. The predicted octanol–water partition coefficient (Wildman–Crippen LogP) is 1.52. The van der Waals surface area contributed by atoms with Gasteiger partial charge in [0.15, 0.2) is 0 Å². The standard InChI is InChI=1S/C17H22N2O4/c1-17(2,16(22)23)18-14(20)12-8-10-19(11-9-12)15(21)13-6-4-3-5-7-13/h3-7,12H,8-11H2,1-2H3,(H,18,20)(H,22,23). The van der Waals surface area contributed by atoms with Gasteiger partial charge in [0.2, 0.25) is 5.91 Å². The molecule has 0 radical (unpaired) electrons. The molecule has 6 heteroatoms. The number of carbonyl (C=O) groups excluding carboxylic acids is 2. The van der Waals surface area contributed by atoms with E-state index in [1.165, 1.54) is 13.8 Å². The molecule has 124 valence electrons. The fourth-order valence-corrected chi connectivity index (χ4v) is 2.57. The lowest BCUT2D eigenvalue weighted by molar-refractivity contribution is -0.146. The number of amides is 2. The summed E-state index contributed by atoms with van der Waals surface area (Å²) in [5.74, 6) is -1.62. The highest BCUT2D eigenvalue weighted by Gasteiger charge is 2.34. The van der Waals surface area contributed by atoms with Crippen molar-refractivity contribution in [3.63, 3.8) is 0 Å². The average Bonchev–Trinajstić information content (AvgIpc) is 2.54. The van der Waals surface area contributed by atoms with Gasteiger partial charge in [-0.05, 0) is 38.8 Å². The molecule has 0 saturated carbocycles. The number of carbonyl (C=O) groups is 3. The Morgan fingerprint density at radius 3 is 2.22 bits per heavy atom. The van der Waals surface area contributed by atoms with Crippen LogP contribution in [0.15, 0.2) is 30.3 Å². The lowest BCUT2D eigenvalue weighted by atomic mass is 9.94. The predicted molar refractivity (Wildman–Crippen MR) is 84.9 cm³/mol. The summed E-state index contributed by atoms with van der Waals surface area (Å²) in [6, 6.07) is 9.05. The number of aliphatic carboxylic acids is 1. The van der Waals surface area contributed by atoms with Crippen molar-refractivity contribution in [1.82, 2.24) is 10.2 Å². The molecule has 1 aliphatic heterocycles. The number of hydrogen-bond acceptors (Lipinski definition) is 3. The summed E-state index contributed by atoms with van der Waals surface area (Å²) in [6.45, 7) is 3.92. The van der Waals surface area contributed by atoms with Crippen molar-refractivity contribution in [3.05, 3.63) is 35.9 Å². The molecule has 1 aliphatic rings. The van der Waals surface area contributed by atoms with Gasteiger partial charge in [-0.3, -0.25) is 9.59 Å². The first-order chi connectivity index (χ1) is 10.8. The van der Waals surface area contributed by atoms with Crippen molar-refractivity contribution < 1.29 is 19.5 Å². The molecule has 1 saturated heterocycles. The first-order valence-corrected chi connectivity index (χ1v) is 7.71. The Morgan fingerprint density at radius 2 is 1.70 bits per heavy atom. The second-order valence-corrected chi connectivity index (χ2v) is 6.35. The van der Waals surface area contributed by atoms with Crippen molar-refractivity contribution >= 4 is 17.8 Å². The van der Waals surface area contributed by atoms with Crippen LogP contribution < -0.4 is 5.32 Å². The fraction of sp³-hybridized carbons (Fsp3) is 0.471. The average molecular weight is 318 g/mol. The molecule has 1 aromatic carbocycles. The van der Waals surface area contributed by atoms with E-state index in [9.17, 15) is 14.4 Å². The molecular formula is C17H22N2O4. The van der Waals surface area contributed by atoms with Crippen LogP contribution in [0.2, 0.25) is 0 Å². The minimum atomic E-state index is -1.28. The number of nitrogens with one attached hydrogen (secondary N) is 1. The van der Waals surface area contributed by atoms with Crippen molar-refractivity contribution in [3.8, 4) is 0 Å². The maximum Gasteiger partial charge on any atom is 0.328 e. The summed E-state index contributed by atoms with van der Waals surface area (Å²) in [4.78, 5) is 37.3. The molecule has 1 aromatic rings. The van der Waals surface area contributed by atoms with Crippen molar-refractivity contribution in [1.29, 1.82) is 0 Å². The molecule has 0 atom stereocenters. The molecule has 2 N–H and O–H groups in total. The Bertz CT molecular complexity index is 590. The van der Waals surface area contributed by atoms with Crippen LogP contribution >= 0.6 is 0 Å². The monoisotopic (exact) mass is 318 g/mol. The quantitative estimate of drug-likeness (QED) is 0.881. The minimum Gasteiger partial charge on any atom is -0.480 e. The van der Waals surface area contributed by atoms with Crippen molar-refractivity contribution in [2.24, 2.45) is 5.92 Å². The van der Waals surface area contributed by atoms with E-state index < -0.39 is 11.5 Å². The van der Waals surface area contributed by atoms with Gasteiger partial charge in [0.1, 0.15) is 5.54 Å². The van der Waals surface area contributed by atoms with Crippen LogP contribution in [0.1, 0.15) is 37.0 Å². The van der Waals surface area contributed by atoms with E-state index in [0.717, 1.165) is 0 Å². The van der Waals surface area contributed by atoms with Gasteiger partial charge in [0.25, 0.3) is 5.91 Å². The zero-order valence-corrected chi connectivity index (χ0v) is 13.4. The highest BCUT2D eigenvalue weighted by molar-refractivity contribution is 5.94. The molecule has 0 unspecified atom stereocenters. The molecule has 2 amide bonds. The van der Waals surface area contributed by atoms with Gasteiger partial charge in [0.05, 0.1) is 0 Å². The number of hydrogen-bond donors (Lipinski definition) is 2. The van der Waals surface area contributed by atoms with Crippen LogP contribution in [0.4, 0.5) is 0 Å². The van der Waals surface area contributed by atoms with Crippen LogP contribution in [-0.4, -0.2) is 46.4 Å². The number of carboxylic acid groups (broad SMARTS) is 1. The van der Waals surface area contributed by atoms with E-state index in [4.69, 9.17) is 5.11 Å². The maximum absolute atomic E-state index is 12.3. The van der Waals surface area contributed by atoms with Gasteiger partial charge >= 0.3 is 5.97 Å². The second-order valence-electron chi connectivity index (χ2n) is 6.35. The van der Waals surface area contributed by atoms with E-state index in [2.05, 4.69) is 5.32 Å². The molecular weight excluding hydrogens is 296 g/mol. The molecule has 0 aliphatic carbocycles. The highest BCUT2D eigenvalue weighted by atomic mass is 16.4. The van der Waals surface area contributed by atoms with E-state index >= 15 is 0 Å². The lowest BCUT2D eigenvalue weighted by Crippen LogP contribution is -2.53. The zero-order chi connectivity index (χ0) is 17.0. The molecule has 0 bridgehead atoms. The summed E-state index contributed by atoms with van der Waals surface area (Å²) >= 11 is 0. The summed E-state index contributed by atoms with van der Waals surface area (Å²) in [6.07, 6.45) is 1.08. The molecule has 1 fully saturated rings. The molecule has 0 aromatic heterocycles. The van der Waals surface area contributed by atoms with E-state index in [0.29, 0.717) is 31.5 Å². The molecule has 2 rings (SSSR count). The Balaban J connectivity index is 1.90. The summed E-state index contributed by atoms with van der Waals surface area (Å²) in [5.41, 5.74) is -0.643. The number of benzene rings is 1. The van der Waals surface area contributed by atoms with Crippen LogP contribution in [0.5, 0.6) is 0 Å². The number of nitrogens with zero attached hydrogens (tertiary/aromatic N) is 1.